The van der Waals surface area contributed by atoms with Crippen molar-refractivity contribution in [1.82, 2.24) is 0 Å². The Kier molecular flexibility index (Phi) is 6.19. The molecule has 5 rings (SSSR count). The predicted molar refractivity (Wildman–Crippen MR) is 137 cm³/mol. The fraction of sp³-hybridized carbons (Fsp3) is 0.133. The fourth-order valence-electron chi connectivity index (χ4n) is 4.51. The summed E-state index contributed by atoms with van der Waals surface area (Å²) in [6.07, 6.45) is -0.370. The van der Waals surface area contributed by atoms with Gasteiger partial charge in [-0.2, -0.15) is 5.26 Å². The third kappa shape index (κ3) is 4.47. The lowest BCUT2D eigenvalue weighted by Gasteiger charge is -2.46. The van der Waals surface area contributed by atoms with Gasteiger partial charge in [-0.25, -0.2) is 0 Å². The Balaban J connectivity index is 1.66. The molecule has 1 aliphatic rings. The van der Waals surface area contributed by atoms with E-state index in [2.05, 4.69) is 17.0 Å². The van der Waals surface area contributed by atoms with Gasteiger partial charge in [0, 0.05) is 12.2 Å². The van der Waals surface area contributed by atoms with Crippen LogP contribution in [0.3, 0.4) is 0 Å². The molecule has 0 unspecified atom stereocenters. The quantitative estimate of drug-likeness (QED) is 0.341. The van der Waals surface area contributed by atoms with Gasteiger partial charge < -0.3 is 9.64 Å². The van der Waals surface area contributed by atoms with Gasteiger partial charge in [0.15, 0.2) is 6.61 Å². The topological polar surface area (TPSA) is 56.6 Å². The summed E-state index contributed by atoms with van der Waals surface area (Å²) >= 11 is 0. The minimum absolute atomic E-state index is 0.00966. The first-order valence-corrected chi connectivity index (χ1v) is 11.6. The Morgan fingerprint density at radius 3 is 2.26 bits per heavy atom. The molecule has 1 heterocycles. The molecule has 1 aliphatic heterocycles. The van der Waals surface area contributed by atoms with E-state index in [0.717, 1.165) is 28.1 Å². The molecule has 35 heavy (non-hydrogen) atoms. The van der Waals surface area contributed by atoms with Gasteiger partial charge in [-0.1, -0.05) is 72.3 Å². The molecule has 4 aromatic rings. The summed E-state index contributed by atoms with van der Waals surface area (Å²) in [5.74, 6) is 0.581. The van der Waals surface area contributed by atoms with Crippen LogP contribution in [0.25, 0.3) is 0 Å². The van der Waals surface area contributed by atoms with Gasteiger partial charge in [0.1, 0.15) is 18.0 Å². The van der Waals surface area contributed by atoms with Crippen LogP contribution in [0, 0.1) is 18.3 Å². The molecule has 4 aromatic carbocycles. The van der Waals surface area contributed by atoms with Crippen LogP contribution in [-0.2, 0) is 6.54 Å². The lowest BCUT2D eigenvalue weighted by atomic mass is 9.99. The van der Waals surface area contributed by atoms with E-state index in [1.165, 1.54) is 0 Å². The zero-order valence-corrected chi connectivity index (χ0v) is 19.5. The standard InChI is InChI=1S/C30H25N3O2/c1-22-11-15-25(16-12-22)33-29(24-13-17-26(18-14-24)35-20-19-31)32(21-23-7-3-2-4-8-23)28-10-6-5-9-27(28)30(33)34/h2-18,29H,20-21H2,1H3/t29-/m0/s1. The Morgan fingerprint density at radius 2 is 1.54 bits per heavy atom. The number of para-hydroxylation sites is 1. The lowest BCUT2D eigenvalue weighted by molar-refractivity contribution is 0.0968. The van der Waals surface area contributed by atoms with Crippen LogP contribution in [0.1, 0.15) is 33.2 Å². The SMILES string of the molecule is Cc1ccc(N2C(=O)c3ccccc3N(Cc3ccccc3)[C@@H]2c2ccc(OCC#N)cc2)cc1. The van der Waals surface area contributed by atoms with Crippen molar-refractivity contribution < 1.29 is 9.53 Å². The number of fused-ring (bicyclic) bond motifs is 1. The van der Waals surface area contributed by atoms with Gasteiger partial charge in [-0.3, -0.25) is 9.69 Å². The minimum atomic E-state index is -0.370. The smallest absolute Gasteiger partial charge is 0.262 e. The van der Waals surface area contributed by atoms with Gasteiger partial charge in [-0.05, 0) is 54.4 Å². The Bertz CT molecular complexity index is 1360. The van der Waals surface area contributed by atoms with E-state index in [1.54, 1.807) is 0 Å². The van der Waals surface area contributed by atoms with Crippen molar-refractivity contribution in [3.05, 3.63) is 125 Å². The largest absolute Gasteiger partial charge is 0.479 e. The summed E-state index contributed by atoms with van der Waals surface area (Å²) in [7, 11) is 0. The molecule has 0 radical (unpaired) electrons. The van der Waals surface area contributed by atoms with Crippen LogP contribution in [0.15, 0.2) is 103 Å². The lowest BCUT2D eigenvalue weighted by Crippen LogP contribution is -2.49. The third-order valence-corrected chi connectivity index (χ3v) is 6.19. The van der Waals surface area contributed by atoms with Crippen molar-refractivity contribution >= 4 is 17.3 Å². The molecule has 0 spiro atoms. The Hall–Kier alpha value is -4.56. The minimum Gasteiger partial charge on any atom is -0.479 e. The predicted octanol–water partition coefficient (Wildman–Crippen LogP) is 6.26. The monoisotopic (exact) mass is 459 g/mol. The first-order valence-electron chi connectivity index (χ1n) is 11.6. The number of benzene rings is 4. The molecule has 0 N–H and O–H groups in total. The molecule has 5 heteroatoms. The van der Waals surface area contributed by atoms with Crippen molar-refractivity contribution in [2.75, 3.05) is 16.4 Å². The fourth-order valence-corrected chi connectivity index (χ4v) is 4.51. The zero-order valence-electron chi connectivity index (χ0n) is 19.5. The molecule has 5 nitrogen and oxygen atoms in total. The average molecular weight is 460 g/mol. The number of carbonyl (C=O) groups excluding carboxylic acids is 1. The summed E-state index contributed by atoms with van der Waals surface area (Å²) in [5, 5.41) is 8.84. The number of nitrogens with zero attached hydrogens (tertiary/aromatic N) is 3. The maximum atomic E-state index is 13.9. The molecule has 0 saturated heterocycles. The van der Waals surface area contributed by atoms with Gasteiger partial charge in [0.2, 0.25) is 0 Å². The Labute approximate surface area is 205 Å². The van der Waals surface area contributed by atoms with Gasteiger partial charge in [0.25, 0.3) is 5.91 Å². The molecule has 0 fully saturated rings. The summed E-state index contributed by atoms with van der Waals surface area (Å²) in [4.78, 5) is 18.1. The van der Waals surface area contributed by atoms with Gasteiger partial charge >= 0.3 is 0 Å². The third-order valence-electron chi connectivity index (χ3n) is 6.19. The molecular weight excluding hydrogens is 434 g/mol. The highest BCUT2D eigenvalue weighted by atomic mass is 16.5. The van der Waals surface area contributed by atoms with Crippen molar-refractivity contribution in [1.29, 1.82) is 5.26 Å². The molecule has 0 saturated carbocycles. The molecule has 1 amide bonds. The number of rotatable bonds is 6. The number of hydrogen-bond donors (Lipinski definition) is 0. The van der Waals surface area contributed by atoms with Crippen molar-refractivity contribution in [2.45, 2.75) is 19.6 Å². The first-order chi connectivity index (χ1) is 17.2. The summed E-state index contributed by atoms with van der Waals surface area (Å²) in [6.45, 7) is 2.66. The molecule has 0 aromatic heterocycles. The zero-order chi connectivity index (χ0) is 24.2. The first kappa shape index (κ1) is 22.2. The highest BCUT2D eigenvalue weighted by molar-refractivity contribution is 6.12. The van der Waals surface area contributed by atoms with Gasteiger partial charge in [0.05, 0.1) is 11.3 Å². The van der Waals surface area contributed by atoms with Crippen LogP contribution in [0.4, 0.5) is 11.4 Å². The molecule has 0 bridgehead atoms. The number of carbonyl (C=O) groups is 1. The van der Waals surface area contributed by atoms with Crippen LogP contribution in [0.5, 0.6) is 5.75 Å². The van der Waals surface area contributed by atoms with Crippen molar-refractivity contribution in [3.8, 4) is 11.8 Å². The molecular formula is C30H25N3O2. The van der Waals surface area contributed by atoms with Crippen LogP contribution < -0.4 is 14.5 Å². The molecule has 0 aliphatic carbocycles. The van der Waals surface area contributed by atoms with Gasteiger partial charge in [-0.15, -0.1) is 0 Å². The van der Waals surface area contributed by atoms with E-state index < -0.39 is 0 Å². The number of anilines is 2. The number of ether oxygens (including phenoxy) is 1. The van der Waals surface area contributed by atoms with Crippen molar-refractivity contribution in [3.63, 3.8) is 0 Å². The molecule has 1 atom stereocenters. The summed E-state index contributed by atoms with van der Waals surface area (Å²) in [5.41, 5.74) is 5.65. The van der Waals surface area contributed by atoms with E-state index in [4.69, 9.17) is 10.00 Å². The maximum Gasteiger partial charge on any atom is 0.262 e. The average Bonchev–Trinajstić information content (AvgIpc) is 2.90. The van der Waals surface area contributed by atoms with Crippen molar-refractivity contribution in [2.24, 2.45) is 0 Å². The van der Waals surface area contributed by atoms with E-state index in [9.17, 15) is 4.79 Å². The van der Waals surface area contributed by atoms with Crippen LogP contribution in [0.2, 0.25) is 0 Å². The summed E-state index contributed by atoms with van der Waals surface area (Å²) in [6, 6.07) is 35.8. The number of aryl methyl sites for hydroxylation is 1. The maximum absolute atomic E-state index is 13.9. The van der Waals surface area contributed by atoms with E-state index in [1.807, 2.05) is 109 Å². The Morgan fingerprint density at radius 1 is 0.857 bits per heavy atom. The van der Waals surface area contributed by atoms with E-state index in [0.29, 0.717) is 17.9 Å². The summed E-state index contributed by atoms with van der Waals surface area (Å²) < 4.78 is 5.47. The second-order valence-corrected chi connectivity index (χ2v) is 8.53. The molecule has 172 valence electrons. The van der Waals surface area contributed by atoms with Crippen LogP contribution >= 0.6 is 0 Å². The second kappa shape index (κ2) is 9.74. The highest BCUT2D eigenvalue weighted by Gasteiger charge is 2.39. The number of nitriles is 1. The van der Waals surface area contributed by atoms with Crippen LogP contribution in [-0.4, -0.2) is 12.5 Å². The van der Waals surface area contributed by atoms with E-state index >= 15 is 0 Å². The second-order valence-electron chi connectivity index (χ2n) is 8.53. The normalized spacial score (nSPS) is 14.9. The highest BCUT2D eigenvalue weighted by Crippen LogP contribution is 2.42. The van der Waals surface area contributed by atoms with E-state index in [-0.39, 0.29) is 18.7 Å². The number of hydrogen-bond acceptors (Lipinski definition) is 4. The number of amides is 1.